The highest BCUT2D eigenvalue weighted by Gasteiger charge is 2.32. The van der Waals surface area contributed by atoms with Gasteiger partial charge in [-0.2, -0.15) is 4.39 Å². The van der Waals surface area contributed by atoms with Gasteiger partial charge in [0, 0.05) is 0 Å². The third kappa shape index (κ3) is 6.04. The summed E-state index contributed by atoms with van der Waals surface area (Å²) >= 11 is 0. The van der Waals surface area contributed by atoms with Crippen LogP contribution in [0.5, 0.6) is 5.75 Å². The molecule has 2 saturated carbocycles. The molecule has 0 atom stereocenters. The molecular formula is C26H37F3O. The van der Waals surface area contributed by atoms with Crippen molar-refractivity contribution in [2.24, 2.45) is 17.8 Å². The molecule has 4 heteroatoms. The Morgan fingerprint density at radius 3 is 2.20 bits per heavy atom. The summed E-state index contributed by atoms with van der Waals surface area (Å²) in [5, 5.41) is 0. The molecule has 3 rings (SSSR count). The zero-order chi connectivity index (χ0) is 21.5. The van der Waals surface area contributed by atoms with Gasteiger partial charge in [-0.05, 0) is 101 Å². The summed E-state index contributed by atoms with van der Waals surface area (Å²) in [6.07, 6.45) is 14.2. The van der Waals surface area contributed by atoms with Crippen molar-refractivity contribution in [3.63, 3.8) is 0 Å². The van der Waals surface area contributed by atoms with Gasteiger partial charge in [-0.1, -0.05) is 31.4 Å². The molecule has 2 fully saturated rings. The number of allylic oxidation sites excluding steroid dienone is 2. The fourth-order valence-electron chi connectivity index (χ4n) is 5.69. The van der Waals surface area contributed by atoms with Crippen molar-refractivity contribution in [2.45, 2.75) is 90.4 Å². The van der Waals surface area contributed by atoms with Crippen LogP contribution in [0.4, 0.5) is 13.2 Å². The Hall–Kier alpha value is -1.45. The number of unbranched alkanes of at least 4 members (excludes halogenated alkanes) is 1. The van der Waals surface area contributed by atoms with Gasteiger partial charge in [0.25, 0.3) is 0 Å². The van der Waals surface area contributed by atoms with Gasteiger partial charge in [0.2, 0.25) is 5.82 Å². The van der Waals surface area contributed by atoms with Crippen molar-refractivity contribution in [1.82, 2.24) is 0 Å². The van der Waals surface area contributed by atoms with Crippen molar-refractivity contribution < 1.29 is 17.9 Å². The molecule has 168 valence electrons. The average Bonchev–Trinajstić information content (AvgIpc) is 2.75. The molecule has 1 aromatic carbocycles. The first kappa shape index (κ1) is 23.2. The molecule has 0 radical (unpaired) electrons. The van der Waals surface area contributed by atoms with E-state index in [2.05, 4.69) is 0 Å². The lowest BCUT2D eigenvalue weighted by atomic mass is 9.68. The van der Waals surface area contributed by atoms with E-state index in [9.17, 15) is 13.2 Å². The van der Waals surface area contributed by atoms with Gasteiger partial charge >= 0.3 is 0 Å². The fraction of sp³-hybridized carbons (Fsp3) is 0.692. The summed E-state index contributed by atoms with van der Waals surface area (Å²) in [4.78, 5) is 0. The van der Waals surface area contributed by atoms with Crippen molar-refractivity contribution in [1.29, 1.82) is 0 Å². The zero-order valence-electron chi connectivity index (χ0n) is 18.6. The molecule has 2 aliphatic rings. The molecule has 0 amide bonds. The molecule has 0 heterocycles. The second kappa shape index (κ2) is 11.2. The molecule has 0 N–H and O–H groups in total. The minimum atomic E-state index is -0.841. The molecule has 0 spiro atoms. The van der Waals surface area contributed by atoms with Crippen LogP contribution in [0.2, 0.25) is 0 Å². The number of hydrogen-bond acceptors (Lipinski definition) is 1. The summed E-state index contributed by atoms with van der Waals surface area (Å²) in [5.41, 5.74) is 0.524. The van der Waals surface area contributed by atoms with Crippen molar-refractivity contribution in [3.8, 4) is 5.75 Å². The normalized spacial score (nSPS) is 27.8. The van der Waals surface area contributed by atoms with Crippen LogP contribution in [0.1, 0.15) is 96.0 Å². The lowest BCUT2D eigenvalue weighted by Gasteiger charge is -2.38. The Morgan fingerprint density at radius 1 is 0.967 bits per heavy atom. The van der Waals surface area contributed by atoms with E-state index < -0.39 is 11.6 Å². The van der Waals surface area contributed by atoms with Gasteiger partial charge in [0.1, 0.15) is 0 Å². The highest BCUT2D eigenvalue weighted by molar-refractivity contribution is 5.33. The van der Waals surface area contributed by atoms with Crippen LogP contribution in [-0.4, -0.2) is 6.61 Å². The number of halogens is 3. The van der Waals surface area contributed by atoms with Crippen molar-refractivity contribution >= 4 is 0 Å². The molecule has 0 aliphatic heterocycles. The van der Waals surface area contributed by atoms with Crippen LogP contribution < -0.4 is 4.74 Å². The monoisotopic (exact) mass is 422 g/mol. The fourth-order valence-corrected chi connectivity index (χ4v) is 5.69. The van der Waals surface area contributed by atoms with E-state index in [0.29, 0.717) is 12.2 Å². The van der Waals surface area contributed by atoms with Crippen molar-refractivity contribution in [3.05, 3.63) is 41.2 Å². The molecular weight excluding hydrogens is 385 g/mol. The van der Waals surface area contributed by atoms with Gasteiger partial charge in [0.15, 0.2) is 11.6 Å². The molecule has 0 aromatic heterocycles. The SMILES string of the molecule is CCOc1ccc(C2CCC(C3CCC(CCC/C=C(/C)F)CC3)CC2)c(F)c1F. The second-order valence-electron chi connectivity index (χ2n) is 9.33. The first-order valence-corrected chi connectivity index (χ1v) is 11.9. The van der Waals surface area contributed by atoms with E-state index in [1.807, 2.05) is 0 Å². The Labute approximate surface area is 180 Å². The predicted octanol–water partition coefficient (Wildman–Crippen LogP) is 8.49. The molecule has 2 aliphatic carbocycles. The standard InChI is InChI=1S/C26H37F3O/c1-3-30-24-17-16-23(25(28)26(24)29)22-14-12-21(13-15-22)20-10-8-19(9-11-20)7-5-4-6-18(2)27/h6,16-17,19-22H,3-5,7-15H2,1-2H3/b18-6-. The Kier molecular flexibility index (Phi) is 8.71. The largest absolute Gasteiger partial charge is 0.491 e. The maximum atomic E-state index is 14.6. The van der Waals surface area contributed by atoms with E-state index >= 15 is 0 Å². The maximum Gasteiger partial charge on any atom is 0.200 e. The van der Waals surface area contributed by atoms with Gasteiger partial charge in [-0.25, -0.2) is 8.78 Å². The van der Waals surface area contributed by atoms with Gasteiger partial charge < -0.3 is 4.74 Å². The molecule has 1 nitrogen and oxygen atoms in total. The van der Waals surface area contributed by atoms with E-state index in [4.69, 9.17) is 4.74 Å². The van der Waals surface area contributed by atoms with Gasteiger partial charge in [-0.3, -0.25) is 0 Å². The number of hydrogen-bond donors (Lipinski definition) is 0. The maximum absolute atomic E-state index is 14.6. The van der Waals surface area contributed by atoms with E-state index in [0.717, 1.165) is 56.3 Å². The highest BCUT2D eigenvalue weighted by Crippen LogP contribution is 2.45. The predicted molar refractivity (Wildman–Crippen MR) is 116 cm³/mol. The average molecular weight is 423 g/mol. The lowest BCUT2D eigenvalue weighted by molar-refractivity contribution is 0.155. The minimum absolute atomic E-state index is 0.0139. The first-order valence-electron chi connectivity index (χ1n) is 11.9. The summed E-state index contributed by atoms with van der Waals surface area (Å²) in [7, 11) is 0. The van der Waals surface area contributed by atoms with Crippen LogP contribution in [0.3, 0.4) is 0 Å². The van der Waals surface area contributed by atoms with Crippen LogP contribution in [-0.2, 0) is 0 Å². The zero-order valence-corrected chi connectivity index (χ0v) is 18.6. The summed E-state index contributed by atoms with van der Waals surface area (Å²) in [6, 6.07) is 3.30. The van der Waals surface area contributed by atoms with Crippen molar-refractivity contribution in [2.75, 3.05) is 6.61 Å². The van der Waals surface area contributed by atoms with Crippen LogP contribution in [0.15, 0.2) is 24.0 Å². The third-order valence-corrected chi connectivity index (χ3v) is 7.39. The summed E-state index contributed by atoms with van der Waals surface area (Å²) < 4.78 is 46.7. The summed E-state index contributed by atoms with van der Waals surface area (Å²) in [5.74, 6) is 0.825. The number of rotatable bonds is 8. The van der Waals surface area contributed by atoms with E-state index in [-0.39, 0.29) is 17.5 Å². The Bertz CT molecular complexity index is 694. The Morgan fingerprint density at radius 2 is 1.60 bits per heavy atom. The molecule has 0 saturated heterocycles. The molecule has 0 unspecified atom stereocenters. The van der Waals surface area contributed by atoms with Crippen LogP contribution >= 0.6 is 0 Å². The van der Waals surface area contributed by atoms with E-state index in [1.165, 1.54) is 39.0 Å². The quantitative estimate of drug-likeness (QED) is 0.382. The molecule has 1 aromatic rings. The highest BCUT2D eigenvalue weighted by atomic mass is 19.2. The first-order chi connectivity index (χ1) is 14.5. The third-order valence-electron chi connectivity index (χ3n) is 7.39. The van der Waals surface area contributed by atoms with Crippen LogP contribution in [0.25, 0.3) is 0 Å². The molecule has 30 heavy (non-hydrogen) atoms. The number of benzene rings is 1. The minimum Gasteiger partial charge on any atom is -0.491 e. The summed E-state index contributed by atoms with van der Waals surface area (Å²) in [6.45, 7) is 3.61. The lowest BCUT2D eigenvalue weighted by Crippen LogP contribution is -2.25. The van der Waals surface area contributed by atoms with Crippen LogP contribution in [0, 0.1) is 29.4 Å². The van der Waals surface area contributed by atoms with E-state index in [1.54, 1.807) is 25.1 Å². The smallest absolute Gasteiger partial charge is 0.200 e. The molecule has 0 bridgehead atoms. The second-order valence-corrected chi connectivity index (χ2v) is 9.33. The van der Waals surface area contributed by atoms with Gasteiger partial charge in [0.05, 0.1) is 12.4 Å². The number of ether oxygens (including phenoxy) is 1. The van der Waals surface area contributed by atoms with Gasteiger partial charge in [-0.15, -0.1) is 0 Å². The Balaban J connectivity index is 1.44. The topological polar surface area (TPSA) is 9.23 Å².